The molecule has 0 amide bonds. The van der Waals surface area contributed by atoms with Crippen molar-refractivity contribution in [2.75, 3.05) is 22.1 Å². The van der Waals surface area contributed by atoms with E-state index < -0.39 is 0 Å². The van der Waals surface area contributed by atoms with Crippen LogP contribution in [0.5, 0.6) is 0 Å². The van der Waals surface area contributed by atoms with E-state index in [1.54, 1.807) is 24.5 Å². The van der Waals surface area contributed by atoms with Crippen LogP contribution in [0.3, 0.4) is 0 Å². The second kappa shape index (κ2) is 16.0. The van der Waals surface area contributed by atoms with Gasteiger partial charge in [0, 0.05) is 43.9 Å². The number of nitrogens with one attached hydrogen (secondary N) is 2. The Kier molecular flexibility index (Phi) is 11.6. The SMILES string of the molecule is N#CCCc1ccc(Nc2c(N)cnc3cc(Cl)c(Br)cc23)cc1.N#CCCc1ccc(Nc2c(N)cnc3cc(Cl)c(Br)cc23)cc1. The molecule has 0 unspecified atom stereocenters. The third-order valence-corrected chi connectivity index (χ3v) is 9.77. The summed E-state index contributed by atoms with van der Waals surface area (Å²) < 4.78 is 1.58. The molecule has 6 aromatic rings. The molecular weight excluding hydrogens is 775 g/mol. The van der Waals surface area contributed by atoms with Crippen LogP contribution in [-0.4, -0.2) is 9.97 Å². The Morgan fingerprint density at radius 1 is 0.625 bits per heavy atom. The van der Waals surface area contributed by atoms with Crippen molar-refractivity contribution < 1.29 is 0 Å². The normalized spacial score (nSPS) is 10.5. The quantitative estimate of drug-likeness (QED) is 0.119. The number of rotatable bonds is 8. The van der Waals surface area contributed by atoms with E-state index in [1.165, 1.54) is 0 Å². The van der Waals surface area contributed by atoms with E-state index in [0.29, 0.717) is 34.3 Å². The summed E-state index contributed by atoms with van der Waals surface area (Å²) >= 11 is 19.2. The van der Waals surface area contributed by atoms with Gasteiger partial charge in [-0.05, 0) is 104 Å². The topological polar surface area (TPSA) is 149 Å². The molecule has 0 bridgehead atoms. The molecule has 0 saturated carbocycles. The van der Waals surface area contributed by atoms with Crippen molar-refractivity contribution in [1.29, 1.82) is 10.5 Å². The van der Waals surface area contributed by atoms with Crippen molar-refractivity contribution in [2.45, 2.75) is 25.7 Å². The van der Waals surface area contributed by atoms with Crippen LogP contribution < -0.4 is 22.1 Å². The van der Waals surface area contributed by atoms with Gasteiger partial charge in [-0.25, -0.2) is 0 Å². The number of pyridine rings is 2. The smallest absolute Gasteiger partial charge is 0.0746 e. The second-order valence-electron chi connectivity index (χ2n) is 10.7. The van der Waals surface area contributed by atoms with Crippen LogP contribution in [0.1, 0.15) is 24.0 Å². The van der Waals surface area contributed by atoms with Gasteiger partial charge in [-0.2, -0.15) is 10.5 Å². The number of fused-ring (bicyclic) bond motifs is 2. The number of nitrogens with zero attached hydrogens (tertiary/aromatic N) is 4. The minimum absolute atomic E-state index is 0.517. The summed E-state index contributed by atoms with van der Waals surface area (Å²) in [7, 11) is 0. The molecule has 4 aromatic carbocycles. The molecule has 0 aliphatic rings. The Morgan fingerprint density at radius 2 is 1.00 bits per heavy atom. The molecule has 0 saturated heterocycles. The molecule has 8 nitrogen and oxygen atoms in total. The Labute approximate surface area is 305 Å². The second-order valence-corrected chi connectivity index (χ2v) is 13.2. The summed E-state index contributed by atoms with van der Waals surface area (Å²) in [5, 5.41) is 27.0. The summed E-state index contributed by atoms with van der Waals surface area (Å²) in [6.45, 7) is 0. The van der Waals surface area contributed by atoms with E-state index in [1.807, 2.05) is 60.7 Å². The lowest BCUT2D eigenvalue weighted by molar-refractivity contribution is 1.01. The number of hydrogen-bond donors (Lipinski definition) is 4. The Hall–Kier alpha value is -4.58. The van der Waals surface area contributed by atoms with Crippen LogP contribution in [0.2, 0.25) is 10.0 Å². The van der Waals surface area contributed by atoms with E-state index >= 15 is 0 Å². The summed E-state index contributed by atoms with van der Waals surface area (Å²) in [4.78, 5) is 8.66. The Bertz CT molecular complexity index is 2020. The highest BCUT2D eigenvalue weighted by molar-refractivity contribution is 9.10. The number of anilines is 6. The molecule has 6 rings (SSSR count). The third kappa shape index (κ3) is 8.46. The minimum Gasteiger partial charge on any atom is -0.396 e. The largest absolute Gasteiger partial charge is 0.396 e. The maximum absolute atomic E-state index is 8.65. The van der Waals surface area contributed by atoms with Gasteiger partial charge in [-0.3, -0.25) is 9.97 Å². The van der Waals surface area contributed by atoms with Crippen molar-refractivity contribution in [3.8, 4) is 12.1 Å². The van der Waals surface area contributed by atoms with Gasteiger partial charge < -0.3 is 22.1 Å². The van der Waals surface area contributed by atoms with Crippen LogP contribution in [-0.2, 0) is 12.8 Å². The highest BCUT2D eigenvalue weighted by Gasteiger charge is 2.12. The van der Waals surface area contributed by atoms with Gasteiger partial charge in [0.1, 0.15) is 0 Å². The summed E-state index contributed by atoms with van der Waals surface area (Å²) in [5.74, 6) is 0. The molecule has 0 aliphatic heterocycles. The van der Waals surface area contributed by atoms with Crippen LogP contribution in [0.25, 0.3) is 21.8 Å². The predicted molar refractivity (Wildman–Crippen MR) is 205 cm³/mol. The molecule has 2 heterocycles. The molecule has 12 heteroatoms. The fraction of sp³-hybridized carbons (Fsp3) is 0.111. The summed E-state index contributed by atoms with van der Waals surface area (Å²) in [6, 6.07) is 27.7. The summed E-state index contributed by atoms with van der Waals surface area (Å²) in [6.07, 6.45) is 5.78. The third-order valence-electron chi connectivity index (χ3n) is 7.38. The molecule has 0 radical (unpaired) electrons. The number of aromatic nitrogens is 2. The van der Waals surface area contributed by atoms with Crippen LogP contribution in [0.4, 0.5) is 34.1 Å². The molecule has 0 fully saturated rings. The molecule has 6 N–H and O–H groups in total. The number of halogens is 4. The average Bonchev–Trinajstić information content (AvgIpc) is 3.08. The zero-order chi connectivity index (χ0) is 34.2. The lowest BCUT2D eigenvalue weighted by Gasteiger charge is -2.13. The first-order chi connectivity index (χ1) is 23.2. The van der Waals surface area contributed by atoms with Crippen molar-refractivity contribution in [1.82, 2.24) is 9.97 Å². The number of benzene rings is 4. The predicted octanol–water partition coefficient (Wildman–Crippen LogP) is 10.9. The molecule has 0 aliphatic carbocycles. The van der Waals surface area contributed by atoms with E-state index in [9.17, 15) is 0 Å². The maximum Gasteiger partial charge on any atom is 0.0746 e. The molecule has 240 valence electrons. The van der Waals surface area contributed by atoms with Gasteiger partial charge in [-0.1, -0.05) is 47.5 Å². The maximum atomic E-state index is 8.65. The van der Waals surface area contributed by atoms with Gasteiger partial charge >= 0.3 is 0 Å². The van der Waals surface area contributed by atoms with Gasteiger partial charge in [0.2, 0.25) is 0 Å². The van der Waals surface area contributed by atoms with Crippen LogP contribution >= 0.6 is 55.1 Å². The monoisotopic (exact) mass is 800 g/mol. The standard InChI is InChI=1S/2C18H14BrClN4/c2*19-14-8-13-17(9-15(14)20)23-10-16(22)18(13)24-12-5-3-11(4-6-12)2-1-7-21/h2*3-6,8-10H,1-2,22H2,(H,23,24). The van der Waals surface area contributed by atoms with E-state index in [4.69, 9.17) is 45.2 Å². The number of aryl methyl sites for hydroxylation is 2. The molecular formula is C36H28Br2Cl2N8. The van der Waals surface area contributed by atoms with E-state index in [2.05, 4.69) is 64.6 Å². The van der Waals surface area contributed by atoms with Crippen molar-refractivity contribution in [3.05, 3.63) is 115 Å². The van der Waals surface area contributed by atoms with Gasteiger partial charge in [0.05, 0.1) is 68.4 Å². The van der Waals surface area contributed by atoms with Gasteiger partial charge in [0.25, 0.3) is 0 Å². The minimum atomic E-state index is 0.517. The molecule has 0 spiro atoms. The first-order valence-electron chi connectivity index (χ1n) is 14.7. The molecule has 2 aromatic heterocycles. The number of hydrogen-bond acceptors (Lipinski definition) is 8. The van der Waals surface area contributed by atoms with Crippen LogP contribution in [0.15, 0.2) is 94.1 Å². The Balaban J connectivity index is 0.000000188. The Morgan fingerprint density at radius 3 is 1.35 bits per heavy atom. The number of nitrogen functional groups attached to an aromatic ring is 2. The van der Waals surface area contributed by atoms with Gasteiger partial charge in [-0.15, -0.1) is 0 Å². The zero-order valence-electron chi connectivity index (χ0n) is 25.4. The van der Waals surface area contributed by atoms with Crippen molar-refractivity contribution >= 4 is 111 Å². The highest BCUT2D eigenvalue weighted by atomic mass is 79.9. The first kappa shape index (κ1) is 34.7. The summed E-state index contributed by atoms with van der Waals surface area (Å²) in [5.41, 5.74) is 20.6. The number of nitrogens with two attached hydrogens (primary N) is 2. The average molecular weight is 803 g/mol. The van der Waals surface area contributed by atoms with Gasteiger partial charge in [0.15, 0.2) is 0 Å². The van der Waals surface area contributed by atoms with Crippen molar-refractivity contribution in [3.63, 3.8) is 0 Å². The number of nitriles is 2. The fourth-order valence-corrected chi connectivity index (χ4v) is 5.89. The van der Waals surface area contributed by atoms with E-state index in [-0.39, 0.29) is 0 Å². The lowest BCUT2D eigenvalue weighted by atomic mass is 10.1. The molecule has 0 atom stereocenters. The van der Waals surface area contributed by atoms with E-state index in [0.717, 1.165) is 77.5 Å². The van der Waals surface area contributed by atoms with Crippen molar-refractivity contribution in [2.24, 2.45) is 0 Å². The lowest BCUT2D eigenvalue weighted by Crippen LogP contribution is -1.99. The van der Waals surface area contributed by atoms with Crippen LogP contribution in [0, 0.1) is 22.7 Å². The highest BCUT2D eigenvalue weighted by Crippen LogP contribution is 2.37. The first-order valence-corrected chi connectivity index (χ1v) is 17.0. The zero-order valence-corrected chi connectivity index (χ0v) is 30.1. The fourth-order valence-electron chi connectivity index (χ4n) is 4.88. The molecule has 48 heavy (non-hydrogen) atoms.